The maximum Gasteiger partial charge on any atom is 1.00 e. The average Bonchev–Trinajstić information content (AvgIpc) is 2.16. The molecule has 96 valence electrons. The summed E-state index contributed by atoms with van der Waals surface area (Å²) in [5.41, 5.74) is -2.59. The van der Waals surface area contributed by atoms with E-state index in [1.165, 1.54) is 12.1 Å². The van der Waals surface area contributed by atoms with E-state index in [4.69, 9.17) is 0 Å². The van der Waals surface area contributed by atoms with Crippen LogP contribution in [0.4, 0.5) is 0 Å². The van der Waals surface area contributed by atoms with Gasteiger partial charge in [0.15, 0.2) is 5.41 Å². The molecule has 0 radical (unpaired) electrons. The van der Waals surface area contributed by atoms with E-state index < -0.39 is 22.8 Å². The number of carboxylic acid groups (broad SMARTS) is 2. The predicted molar refractivity (Wildman–Crippen MR) is 65.1 cm³/mol. The molecule has 0 bridgehead atoms. The summed E-state index contributed by atoms with van der Waals surface area (Å²) in [6.45, 7) is 4.84. The van der Waals surface area contributed by atoms with Crippen molar-refractivity contribution in [2.24, 2.45) is 5.41 Å². The van der Waals surface area contributed by atoms with Gasteiger partial charge < -0.3 is 13.1 Å². The maximum atomic E-state index is 11.5. The summed E-state index contributed by atoms with van der Waals surface area (Å²) in [5.74, 6) is -2.69. The molecule has 1 aromatic carbocycles. The quantitative estimate of drug-likeness (QED) is 0.444. The van der Waals surface area contributed by atoms with Crippen LogP contribution in [-0.2, 0) is 15.0 Å². The number of rotatable bonds is 3. The molecule has 2 N–H and O–H groups in total. The van der Waals surface area contributed by atoms with Gasteiger partial charge in [0.25, 0.3) is 0 Å². The summed E-state index contributed by atoms with van der Waals surface area (Å²) in [5, 5.41) is 18.8. The van der Waals surface area contributed by atoms with Gasteiger partial charge in [-0.1, -0.05) is 51.1 Å². The Morgan fingerprint density at radius 2 is 1.37 bits per heavy atom. The van der Waals surface area contributed by atoms with Gasteiger partial charge in [0.1, 0.15) is 0 Å². The number of carbonyl (C=O) groups is 2. The number of hydrogen-bond acceptors (Lipinski definition) is 2. The first-order valence-corrected chi connectivity index (χ1v) is 5.27. The van der Waals surface area contributed by atoms with Crippen LogP contribution in [0, 0.1) is 5.41 Å². The van der Waals surface area contributed by atoms with Crippen molar-refractivity contribution in [2.75, 3.05) is 0 Å². The van der Waals surface area contributed by atoms with Crippen LogP contribution in [0.1, 0.15) is 29.2 Å². The first kappa shape index (κ1) is 21.7. The fourth-order valence-corrected chi connectivity index (χ4v) is 2.10. The Morgan fingerprint density at radius 3 is 1.63 bits per heavy atom. The van der Waals surface area contributed by atoms with Crippen molar-refractivity contribution in [2.45, 2.75) is 26.2 Å². The van der Waals surface area contributed by atoms with Crippen LogP contribution < -0.4 is 70.2 Å². The molecule has 4 nitrogen and oxygen atoms in total. The van der Waals surface area contributed by atoms with Crippen LogP contribution in [0.3, 0.4) is 0 Å². The zero-order chi connectivity index (χ0) is 13.3. The summed E-state index contributed by atoms with van der Waals surface area (Å²) in [6.07, 6.45) is 0. The van der Waals surface area contributed by atoms with Crippen molar-refractivity contribution in [3.63, 3.8) is 0 Å². The molecule has 0 spiro atoms. The van der Waals surface area contributed by atoms with Crippen LogP contribution in [0.2, 0.25) is 0 Å². The fourth-order valence-electron chi connectivity index (χ4n) is 2.10. The SMILES string of the molecule is CC(C)(C)C(C(=O)O)(C(=O)O)c1ccccc1.[H-].[H-].[K+].[Li+]. The number of aliphatic carboxylic acids is 2. The van der Waals surface area contributed by atoms with Crippen molar-refractivity contribution >= 4 is 11.9 Å². The van der Waals surface area contributed by atoms with Gasteiger partial charge in [0, 0.05) is 0 Å². The van der Waals surface area contributed by atoms with Gasteiger partial charge in [-0.15, -0.1) is 0 Å². The van der Waals surface area contributed by atoms with E-state index in [-0.39, 0.29) is 78.7 Å². The standard InChI is InChI=1S/C13H16O4.K.Li.2H/c1-12(2,3)13(10(14)15,11(16)17)9-7-5-4-6-8-9;;;;/h4-8H,1-3H3,(H,14,15)(H,16,17);;;;/q;2*+1;2*-1. The largest absolute Gasteiger partial charge is 1.00 e. The monoisotopic (exact) mass is 284 g/mol. The van der Waals surface area contributed by atoms with Gasteiger partial charge in [-0.2, -0.15) is 0 Å². The van der Waals surface area contributed by atoms with E-state index in [9.17, 15) is 19.8 Å². The molecule has 0 aliphatic heterocycles. The summed E-state index contributed by atoms with van der Waals surface area (Å²) < 4.78 is 0. The molecule has 0 aliphatic carbocycles. The van der Waals surface area contributed by atoms with Gasteiger partial charge in [-0.25, -0.2) is 0 Å². The van der Waals surface area contributed by atoms with Crippen LogP contribution in [-0.4, -0.2) is 22.2 Å². The summed E-state index contributed by atoms with van der Waals surface area (Å²) in [7, 11) is 0. The Kier molecular flexibility index (Phi) is 9.12. The summed E-state index contributed by atoms with van der Waals surface area (Å²) in [4.78, 5) is 23.1. The van der Waals surface area contributed by atoms with Crippen LogP contribution in [0.15, 0.2) is 30.3 Å². The van der Waals surface area contributed by atoms with Gasteiger partial charge in [0.2, 0.25) is 0 Å². The van der Waals surface area contributed by atoms with E-state index in [1.807, 2.05) is 0 Å². The third-order valence-electron chi connectivity index (χ3n) is 2.97. The Hall–Kier alpha value is 0.394. The van der Waals surface area contributed by atoms with E-state index in [0.29, 0.717) is 0 Å². The smallest absolute Gasteiger partial charge is 1.00 e. The zero-order valence-electron chi connectivity index (χ0n) is 14.1. The number of carboxylic acids is 2. The van der Waals surface area contributed by atoms with Gasteiger partial charge in [0.05, 0.1) is 0 Å². The Balaban J connectivity index is -0.000000361. The van der Waals surface area contributed by atoms with E-state index in [1.54, 1.807) is 39.0 Å². The molecular weight excluding hydrogens is 266 g/mol. The Morgan fingerprint density at radius 1 is 1.00 bits per heavy atom. The molecule has 0 aromatic heterocycles. The van der Waals surface area contributed by atoms with Gasteiger partial charge in [-0.05, 0) is 11.0 Å². The molecule has 0 unspecified atom stereocenters. The van der Waals surface area contributed by atoms with Gasteiger partial charge in [-0.3, -0.25) is 9.59 Å². The molecule has 0 saturated carbocycles. The third kappa shape index (κ3) is 3.95. The molecule has 0 amide bonds. The molecule has 0 atom stereocenters. The second-order valence-electron chi connectivity index (χ2n) is 4.98. The minimum absolute atomic E-state index is 0. The second-order valence-corrected chi connectivity index (χ2v) is 4.98. The summed E-state index contributed by atoms with van der Waals surface area (Å²) in [6, 6.07) is 8.07. The molecule has 0 fully saturated rings. The minimum atomic E-state index is -1.94. The first-order chi connectivity index (χ1) is 7.74. The summed E-state index contributed by atoms with van der Waals surface area (Å²) >= 11 is 0. The van der Waals surface area contributed by atoms with E-state index in [0.717, 1.165) is 0 Å². The van der Waals surface area contributed by atoms with Crippen LogP contribution in [0.25, 0.3) is 0 Å². The van der Waals surface area contributed by atoms with Crippen molar-refractivity contribution in [3.8, 4) is 0 Å². The fraction of sp³-hybridized carbons (Fsp3) is 0.385. The van der Waals surface area contributed by atoms with Gasteiger partial charge >= 0.3 is 82.2 Å². The minimum Gasteiger partial charge on any atom is -1.00 e. The van der Waals surface area contributed by atoms with E-state index >= 15 is 0 Å². The Bertz CT molecular complexity index is 435. The van der Waals surface area contributed by atoms with Crippen molar-refractivity contribution in [3.05, 3.63) is 35.9 Å². The number of hydrogen-bond donors (Lipinski definition) is 2. The van der Waals surface area contributed by atoms with Crippen molar-refractivity contribution in [1.29, 1.82) is 0 Å². The van der Waals surface area contributed by atoms with Crippen LogP contribution in [0.5, 0.6) is 0 Å². The third-order valence-corrected chi connectivity index (χ3v) is 2.97. The van der Waals surface area contributed by atoms with Crippen LogP contribution >= 0.6 is 0 Å². The molecule has 6 heteroatoms. The first-order valence-electron chi connectivity index (χ1n) is 5.27. The molecule has 0 heterocycles. The maximum absolute atomic E-state index is 11.5. The molecule has 1 rings (SSSR count). The molecular formula is C13H18KLiO4. The van der Waals surface area contributed by atoms with Crippen molar-refractivity contribution in [1.82, 2.24) is 0 Å². The average molecular weight is 284 g/mol. The number of benzene rings is 1. The molecule has 0 aliphatic rings. The second kappa shape index (κ2) is 7.99. The zero-order valence-corrected chi connectivity index (χ0v) is 15.2. The molecule has 19 heavy (non-hydrogen) atoms. The normalized spacial score (nSPS) is 10.9. The molecule has 0 saturated heterocycles. The van der Waals surface area contributed by atoms with Crippen molar-refractivity contribution < 1.29 is 92.9 Å². The predicted octanol–water partition coefficient (Wildman–Crippen LogP) is -3.63. The topological polar surface area (TPSA) is 74.6 Å². The van der Waals surface area contributed by atoms with E-state index in [2.05, 4.69) is 0 Å². The Labute approximate surface area is 170 Å². The molecule has 1 aromatic rings.